The molecule has 0 aromatic heterocycles. The number of ether oxygens (including phenoxy) is 1. The zero-order chi connectivity index (χ0) is 25.5. The van der Waals surface area contributed by atoms with Gasteiger partial charge in [-0.05, 0) is 75.2 Å². The number of ketones is 1. The number of carbonyl (C=O) groups is 2. The number of anilines is 1. The second-order valence-corrected chi connectivity index (χ2v) is 9.91. The number of aliphatic hydroxyl groups excluding tert-OH is 1. The zero-order valence-corrected chi connectivity index (χ0v) is 21.9. The number of carbonyl (C=O) groups excluding carboxylic acids is 2. The van der Waals surface area contributed by atoms with Crippen molar-refractivity contribution in [3.8, 4) is 5.75 Å². The highest BCUT2D eigenvalue weighted by Crippen LogP contribution is 2.31. The van der Waals surface area contributed by atoms with Gasteiger partial charge in [-0.15, -0.1) is 0 Å². The van der Waals surface area contributed by atoms with Crippen LogP contribution in [0.4, 0.5) is 5.69 Å². The van der Waals surface area contributed by atoms with Crippen molar-refractivity contribution in [3.05, 3.63) is 57.1 Å². The lowest BCUT2D eigenvalue weighted by atomic mass is 10.0. The van der Waals surface area contributed by atoms with E-state index in [1.807, 2.05) is 25.1 Å². The molecule has 1 fully saturated rings. The molecular weight excluding hydrogens is 489 g/mol. The summed E-state index contributed by atoms with van der Waals surface area (Å²) in [6.07, 6.45) is 1.16. The first-order chi connectivity index (χ1) is 16.6. The van der Waals surface area contributed by atoms with Crippen molar-refractivity contribution in [1.82, 2.24) is 10.2 Å². The summed E-state index contributed by atoms with van der Waals surface area (Å²) >= 11 is 12.1. The molecule has 1 atom stereocenters. The number of halogens is 2. The van der Waals surface area contributed by atoms with E-state index in [0.29, 0.717) is 33.9 Å². The molecule has 2 aromatic rings. The van der Waals surface area contributed by atoms with Gasteiger partial charge in [0.05, 0.1) is 21.3 Å². The number of hydrogen-bond donors (Lipinski definition) is 3. The highest BCUT2D eigenvalue weighted by Gasteiger charge is 2.21. The third kappa shape index (κ3) is 8.19. The standard InChI is InChI=1S/C26H33Cl2N3O4/c1-16-10-22(17(2)32)26(25(11-16)30-18(3)33)35-15-21(34)13-29-20-6-8-31(9-7-20)14-19-4-5-23(27)24(28)12-19/h4-5,10-12,20-21,29,34H,6-9,13-15H2,1-3H3,(H,30,33). The predicted molar refractivity (Wildman–Crippen MR) is 140 cm³/mol. The molecular formula is C26H33Cl2N3O4. The molecule has 1 amide bonds. The molecule has 7 nitrogen and oxygen atoms in total. The number of aryl methyl sites for hydroxylation is 1. The van der Waals surface area contributed by atoms with Crippen molar-refractivity contribution < 1.29 is 19.4 Å². The quantitative estimate of drug-likeness (QED) is 0.400. The van der Waals surface area contributed by atoms with Gasteiger partial charge in [0.1, 0.15) is 12.7 Å². The summed E-state index contributed by atoms with van der Waals surface area (Å²) < 4.78 is 5.83. The van der Waals surface area contributed by atoms with E-state index in [1.54, 1.807) is 12.1 Å². The van der Waals surface area contributed by atoms with E-state index in [1.165, 1.54) is 13.8 Å². The van der Waals surface area contributed by atoms with Crippen molar-refractivity contribution in [2.24, 2.45) is 0 Å². The summed E-state index contributed by atoms with van der Waals surface area (Å²) in [5, 5.41) is 17.8. The minimum atomic E-state index is -0.768. The highest BCUT2D eigenvalue weighted by atomic mass is 35.5. The van der Waals surface area contributed by atoms with Gasteiger partial charge >= 0.3 is 0 Å². The molecule has 2 aromatic carbocycles. The van der Waals surface area contributed by atoms with E-state index >= 15 is 0 Å². The lowest BCUT2D eigenvalue weighted by Gasteiger charge is -2.33. The fourth-order valence-corrected chi connectivity index (χ4v) is 4.53. The molecule has 0 saturated carbocycles. The van der Waals surface area contributed by atoms with E-state index < -0.39 is 6.10 Å². The van der Waals surface area contributed by atoms with Crippen LogP contribution in [-0.4, -0.2) is 60.1 Å². The predicted octanol–water partition coefficient (Wildman–Crippen LogP) is 4.46. The van der Waals surface area contributed by atoms with Crippen LogP contribution in [0.15, 0.2) is 30.3 Å². The molecule has 1 heterocycles. The minimum Gasteiger partial charge on any atom is -0.488 e. The summed E-state index contributed by atoms with van der Waals surface area (Å²) in [6.45, 7) is 7.76. The Kier molecular flexibility index (Phi) is 9.95. The SMILES string of the molecule is CC(=O)Nc1cc(C)cc(C(C)=O)c1OCC(O)CNC1CCN(Cc2ccc(Cl)c(Cl)c2)CC1. The van der Waals surface area contributed by atoms with Gasteiger partial charge in [-0.2, -0.15) is 0 Å². The van der Waals surface area contributed by atoms with Crippen LogP contribution < -0.4 is 15.4 Å². The molecule has 0 aliphatic carbocycles. The number of hydrogen-bond acceptors (Lipinski definition) is 6. The maximum Gasteiger partial charge on any atom is 0.221 e. The maximum atomic E-state index is 12.1. The lowest BCUT2D eigenvalue weighted by Crippen LogP contribution is -2.45. The number of Topliss-reactive ketones (excluding diaryl/α,β-unsaturated/α-hetero) is 1. The van der Waals surface area contributed by atoms with Crippen molar-refractivity contribution in [2.75, 3.05) is 31.6 Å². The summed E-state index contributed by atoms with van der Waals surface area (Å²) in [7, 11) is 0. The molecule has 1 saturated heterocycles. The first-order valence-corrected chi connectivity index (χ1v) is 12.5. The second kappa shape index (κ2) is 12.7. The Morgan fingerprint density at radius 2 is 1.86 bits per heavy atom. The molecule has 190 valence electrons. The Morgan fingerprint density at radius 3 is 2.49 bits per heavy atom. The van der Waals surface area contributed by atoms with Crippen molar-refractivity contribution >= 4 is 40.6 Å². The van der Waals surface area contributed by atoms with Crippen LogP contribution in [0.1, 0.15) is 48.2 Å². The van der Waals surface area contributed by atoms with Gasteiger partial charge in [-0.1, -0.05) is 29.3 Å². The van der Waals surface area contributed by atoms with Gasteiger partial charge in [0, 0.05) is 26.1 Å². The van der Waals surface area contributed by atoms with Gasteiger partial charge in [-0.3, -0.25) is 14.5 Å². The summed E-state index contributed by atoms with van der Waals surface area (Å²) in [5.41, 5.74) is 2.78. The van der Waals surface area contributed by atoms with Crippen LogP contribution >= 0.6 is 23.2 Å². The number of benzene rings is 2. The minimum absolute atomic E-state index is 0.000896. The average Bonchev–Trinajstić information content (AvgIpc) is 2.79. The number of piperidine rings is 1. The van der Waals surface area contributed by atoms with E-state index in [-0.39, 0.29) is 24.0 Å². The Morgan fingerprint density at radius 1 is 1.14 bits per heavy atom. The molecule has 1 unspecified atom stereocenters. The molecule has 3 N–H and O–H groups in total. The molecule has 1 aliphatic heterocycles. The third-order valence-corrected chi connectivity index (χ3v) is 6.70. The molecule has 0 bridgehead atoms. The lowest BCUT2D eigenvalue weighted by molar-refractivity contribution is -0.114. The van der Waals surface area contributed by atoms with Gasteiger partial charge in [0.15, 0.2) is 11.5 Å². The molecule has 3 rings (SSSR count). The number of rotatable bonds is 10. The van der Waals surface area contributed by atoms with Crippen molar-refractivity contribution in [3.63, 3.8) is 0 Å². The maximum absolute atomic E-state index is 12.1. The largest absolute Gasteiger partial charge is 0.488 e. The van der Waals surface area contributed by atoms with E-state index in [0.717, 1.165) is 43.6 Å². The zero-order valence-electron chi connectivity index (χ0n) is 20.4. The number of aliphatic hydroxyl groups is 1. The molecule has 1 aliphatic rings. The summed E-state index contributed by atoms with van der Waals surface area (Å²) in [6, 6.07) is 9.51. The Labute approximate surface area is 216 Å². The molecule has 35 heavy (non-hydrogen) atoms. The van der Waals surface area contributed by atoms with E-state index in [4.69, 9.17) is 27.9 Å². The number of amides is 1. The molecule has 0 spiro atoms. The topological polar surface area (TPSA) is 90.9 Å². The van der Waals surface area contributed by atoms with E-state index in [2.05, 4.69) is 15.5 Å². The Hall–Kier alpha value is -2.16. The average molecular weight is 522 g/mol. The van der Waals surface area contributed by atoms with Crippen LogP contribution in [0.2, 0.25) is 10.0 Å². The van der Waals surface area contributed by atoms with Crippen LogP contribution in [-0.2, 0) is 11.3 Å². The van der Waals surface area contributed by atoms with Gasteiger partial charge in [0.2, 0.25) is 5.91 Å². The molecule has 0 radical (unpaired) electrons. The van der Waals surface area contributed by atoms with Crippen molar-refractivity contribution in [1.29, 1.82) is 0 Å². The number of nitrogens with zero attached hydrogens (tertiary/aromatic N) is 1. The fourth-order valence-electron chi connectivity index (χ4n) is 4.21. The van der Waals surface area contributed by atoms with Crippen LogP contribution in [0, 0.1) is 6.92 Å². The van der Waals surface area contributed by atoms with Crippen LogP contribution in [0.25, 0.3) is 0 Å². The first-order valence-electron chi connectivity index (χ1n) is 11.8. The van der Waals surface area contributed by atoms with Gasteiger partial charge in [-0.25, -0.2) is 0 Å². The van der Waals surface area contributed by atoms with Crippen LogP contribution in [0.5, 0.6) is 5.75 Å². The smallest absolute Gasteiger partial charge is 0.221 e. The monoisotopic (exact) mass is 521 g/mol. The Balaban J connectivity index is 1.47. The summed E-state index contributed by atoms with van der Waals surface area (Å²) in [4.78, 5) is 26.1. The van der Waals surface area contributed by atoms with Crippen molar-refractivity contribution in [2.45, 2.75) is 52.3 Å². The van der Waals surface area contributed by atoms with Gasteiger partial charge < -0.3 is 20.5 Å². The van der Waals surface area contributed by atoms with E-state index in [9.17, 15) is 14.7 Å². The summed E-state index contributed by atoms with van der Waals surface area (Å²) in [5.74, 6) is -0.147. The second-order valence-electron chi connectivity index (χ2n) is 9.10. The molecule has 9 heteroatoms. The number of nitrogens with one attached hydrogen (secondary N) is 2. The normalized spacial score (nSPS) is 15.6. The Bertz CT molecular complexity index is 1060. The highest BCUT2D eigenvalue weighted by molar-refractivity contribution is 6.42. The number of likely N-dealkylation sites (tertiary alicyclic amines) is 1. The fraction of sp³-hybridized carbons (Fsp3) is 0.462. The first kappa shape index (κ1) is 27.4. The third-order valence-electron chi connectivity index (χ3n) is 5.96. The van der Waals surface area contributed by atoms with Crippen LogP contribution in [0.3, 0.4) is 0 Å². The van der Waals surface area contributed by atoms with Gasteiger partial charge in [0.25, 0.3) is 0 Å².